The number of nitrogens with zero attached hydrogens (tertiary/aromatic N) is 4. The number of hydrogen-bond donors (Lipinski definition) is 0. The Bertz CT molecular complexity index is 1360. The first-order valence-corrected chi connectivity index (χ1v) is 14.5. The zero-order chi connectivity index (χ0) is 26.5. The number of piperidine rings is 1. The highest BCUT2D eigenvalue weighted by Gasteiger charge is 2.37. The molecule has 2 aromatic heterocycles. The molecule has 0 atom stereocenters. The molecule has 2 aliphatic rings. The van der Waals surface area contributed by atoms with Crippen molar-refractivity contribution in [3.63, 3.8) is 0 Å². The van der Waals surface area contributed by atoms with E-state index in [0.717, 1.165) is 42.9 Å². The first-order valence-electron chi connectivity index (χ1n) is 13.2. The van der Waals surface area contributed by atoms with Crippen molar-refractivity contribution in [1.29, 1.82) is 0 Å². The number of aryl methyl sites for hydroxylation is 2. The summed E-state index contributed by atoms with van der Waals surface area (Å²) in [5.41, 5.74) is 7.28. The van der Waals surface area contributed by atoms with Crippen LogP contribution in [-0.4, -0.2) is 38.7 Å². The van der Waals surface area contributed by atoms with Crippen molar-refractivity contribution in [2.45, 2.75) is 77.0 Å². The van der Waals surface area contributed by atoms with Crippen molar-refractivity contribution in [1.82, 2.24) is 19.7 Å². The molecular weight excluding hydrogens is 500 g/mol. The first kappa shape index (κ1) is 26.2. The second kappa shape index (κ2) is 9.70. The molecule has 0 saturated carbocycles. The Morgan fingerprint density at radius 3 is 2.43 bits per heavy atom. The van der Waals surface area contributed by atoms with Crippen LogP contribution in [0.4, 0.5) is 0 Å². The smallest absolute Gasteiger partial charge is 0.246 e. The highest BCUT2D eigenvalue weighted by Crippen LogP contribution is 2.47. The maximum atomic E-state index is 12.8. The number of carbonyl (C=O) groups is 1. The zero-order valence-corrected chi connectivity index (χ0v) is 24.3. The number of amides is 1. The first-order chi connectivity index (χ1) is 17.5. The molecule has 5 nitrogen and oxygen atoms in total. The van der Waals surface area contributed by atoms with Gasteiger partial charge in [-0.3, -0.25) is 9.48 Å². The summed E-state index contributed by atoms with van der Waals surface area (Å²) in [5, 5.41) is 8.25. The molecule has 196 valence electrons. The third kappa shape index (κ3) is 5.03. The van der Waals surface area contributed by atoms with Gasteiger partial charge >= 0.3 is 0 Å². The molecule has 1 saturated heterocycles. The van der Waals surface area contributed by atoms with Crippen LogP contribution in [0.25, 0.3) is 17.3 Å². The van der Waals surface area contributed by atoms with Gasteiger partial charge in [-0.1, -0.05) is 51.4 Å². The van der Waals surface area contributed by atoms with Gasteiger partial charge in [0.2, 0.25) is 5.91 Å². The molecule has 3 aromatic rings. The normalized spacial score (nSPS) is 19.4. The van der Waals surface area contributed by atoms with Gasteiger partial charge in [-0.05, 0) is 66.7 Å². The van der Waals surface area contributed by atoms with E-state index in [1.54, 1.807) is 35.2 Å². The van der Waals surface area contributed by atoms with Gasteiger partial charge in [0, 0.05) is 48.6 Å². The summed E-state index contributed by atoms with van der Waals surface area (Å²) in [5.74, 6) is 0.423. The molecule has 0 spiro atoms. The number of likely N-dealkylation sites (tertiary alicyclic amines) is 1. The van der Waals surface area contributed by atoms with Gasteiger partial charge in [-0.25, -0.2) is 4.98 Å². The van der Waals surface area contributed by atoms with Crippen molar-refractivity contribution in [2.24, 2.45) is 7.05 Å². The molecule has 3 heterocycles. The van der Waals surface area contributed by atoms with Crippen LogP contribution >= 0.6 is 22.9 Å². The minimum absolute atomic E-state index is 0.0252. The lowest BCUT2D eigenvalue weighted by molar-refractivity contribution is -0.126. The SMILES string of the molecule is Cc1nn(C)c(Cl)c1C=CC(=O)N1CCC(c2nc(-c3ccc4c(c3)C(C)(C)CCC4(C)C)cs2)CC1. The van der Waals surface area contributed by atoms with Crippen molar-refractivity contribution in [3.05, 3.63) is 62.2 Å². The van der Waals surface area contributed by atoms with E-state index < -0.39 is 0 Å². The number of carbonyl (C=O) groups excluding carboxylic acids is 1. The Morgan fingerprint density at radius 1 is 1.11 bits per heavy atom. The standard InChI is InChI=1S/C30H37ClN4OS/c1-19-22(27(31)34(6)33-19)8-10-26(36)35-15-11-20(12-16-35)28-32-25(18-37-28)21-7-9-23-24(17-21)30(4,5)14-13-29(23,2)3/h7-10,17-18,20H,11-16H2,1-6H3. The Morgan fingerprint density at radius 2 is 1.78 bits per heavy atom. The number of rotatable bonds is 4. The summed E-state index contributed by atoms with van der Waals surface area (Å²) < 4.78 is 1.63. The predicted molar refractivity (Wildman–Crippen MR) is 153 cm³/mol. The van der Waals surface area contributed by atoms with Gasteiger partial charge in [-0.2, -0.15) is 5.10 Å². The minimum Gasteiger partial charge on any atom is -0.339 e. The molecule has 1 fully saturated rings. The third-order valence-corrected chi connectivity index (χ3v) is 9.87. The average molecular weight is 537 g/mol. The summed E-state index contributed by atoms with van der Waals surface area (Å²) in [6.07, 6.45) is 7.71. The summed E-state index contributed by atoms with van der Waals surface area (Å²) in [6, 6.07) is 6.98. The van der Waals surface area contributed by atoms with E-state index in [2.05, 4.69) is 56.4 Å². The van der Waals surface area contributed by atoms with E-state index in [-0.39, 0.29) is 16.7 Å². The van der Waals surface area contributed by atoms with Crippen LogP contribution in [0.2, 0.25) is 5.15 Å². The van der Waals surface area contributed by atoms with E-state index in [0.29, 0.717) is 11.1 Å². The van der Waals surface area contributed by atoms with Crippen LogP contribution in [-0.2, 0) is 22.7 Å². The fraction of sp³-hybridized carbons (Fsp3) is 0.500. The highest BCUT2D eigenvalue weighted by atomic mass is 35.5. The molecule has 37 heavy (non-hydrogen) atoms. The Balaban J connectivity index is 1.25. The number of hydrogen-bond acceptors (Lipinski definition) is 4. The number of aromatic nitrogens is 3. The van der Waals surface area contributed by atoms with Crippen LogP contribution < -0.4 is 0 Å². The zero-order valence-electron chi connectivity index (χ0n) is 22.8. The van der Waals surface area contributed by atoms with Crippen molar-refractivity contribution >= 4 is 34.9 Å². The van der Waals surface area contributed by atoms with Crippen LogP contribution in [0.3, 0.4) is 0 Å². The molecule has 0 bridgehead atoms. The second-order valence-electron chi connectivity index (χ2n) is 11.9. The molecule has 0 N–H and O–H groups in total. The summed E-state index contributed by atoms with van der Waals surface area (Å²) >= 11 is 8.05. The summed E-state index contributed by atoms with van der Waals surface area (Å²) in [6.45, 7) is 12.8. The Kier molecular flexibility index (Phi) is 6.86. The maximum absolute atomic E-state index is 12.8. The van der Waals surface area contributed by atoms with Crippen LogP contribution in [0, 0.1) is 6.92 Å². The quantitative estimate of drug-likeness (QED) is 0.329. The van der Waals surface area contributed by atoms with Gasteiger partial charge in [0.05, 0.1) is 16.4 Å². The van der Waals surface area contributed by atoms with E-state index in [1.165, 1.54) is 34.5 Å². The Labute approximate surface area is 229 Å². The molecule has 0 radical (unpaired) electrons. The maximum Gasteiger partial charge on any atom is 0.246 e. The molecule has 1 aliphatic carbocycles. The molecule has 5 rings (SSSR count). The van der Waals surface area contributed by atoms with Gasteiger partial charge in [0.15, 0.2) is 0 Å². The summed E-state index contributed by atoms with van der Waals surface area (Å²) in [7, 11) is 1.80. The van der Waals surface area contributed by atoms with Crippen molar-refractivity contribution in [2.75, 3.05) is 13.1 Å². The second-order valence-corrected chi connectivity index (χ2v) is 13.2. The van der Waals surface area contributed by atoms with Crippen LogP contribution in [0.15, 0.2) is 29.7 Å². The van der Waals surface area contributed by atoms with Crippen molar-refractivity contribution in [3.8, 4) is 11.3 Å². The summed E-state index contributed by atoms with van der Waals surface area (Å²) in [4.78, 5) is 19.8. The fourth-order valence-corrected chi connectivity index (χ4v) is 7.04. The van der Waals surface area contributed by atoms with E-state index in [1.807, 2.05) is 11.8 Å². The molecule has 0 unspecified atom stereocenters. The predicted octanol–water partition coefficient (Wildman–Crippen LogP) is 7.27. The molecule has 1 amide bonds. The monoisotopic (exact) mass is 536 g/mol. The lowest BCUT2D eigenvalue weighted by atomic mass is 9.63. The average Bonchev–Trinajstić information content (AvgIpc) is 3.45. The van der Waals surface area contributed by atoms with E-state index >= 15 is 0 Å². The fourth-order valence-electron chi connectivity index (χ4n) is 5.80. The lowest BCUT2D eigenvalue weighted by Gasteiger charge is -2.42. The van der Waals surface area contributed by atoms with Crippen LogP contribution in [0.5, 0.6) is 0 Å². The van der Waals surface area contributed by atoms with E-state index in [4.69, 9.17) is 16.6 Å². The number of benzene rings is 1. The largest absolute Gasteiger partial charge is 0.339 e. The van der Waals surface area contributed by atoms with E-state index in [9.17, 15) is 4.79 Å². The minimum atomic E-state index is 0.0252. The molecule has 7 heteroatoms. The Hall–Kier alpha value is -2.44. The van der Waals surface area contributed by atoms with Crippen molar-refractivity contribution < 1.29 is 4.79 Å². The van der Waals surface area contributed by atoms with Crippen LogP contribution in [0.1, 0.15) is 86.7 Å². The third-order valence-electron chi connectivity index (χ3n) is 8.42. The number of halogens is 1. The number of thiazole rings is 1. The van der Waals surface area contributed by atoms with Gasteiger partial charge in [0.25, 0.3) is 0 Å². The van der Waals surface area contributed by atoms with Gasteiger partial charge in [-0.15, -0.1) is 11.3 Å². The topological polar surface area (TPSA) is 51.0 Å². The molecular formula is C30H37ClN4OS. The number of fused-ring (bicyclic) bond motifs is 1. The molecule has 1 aromatic carbocycles. The lowest BCUT2D eigenvalue weighted by Crippen LogP contribution is -2.36. The van der Waals surface area contributed by atoms with Gasteiger partial charge < -0.3 is 4.90 Å². The van der Waals surface area contributed by atoms with Gasteiger partial charge in [0.1, 0.15) is 5.15 Å². The molecule has 1 aliphatic heterocycles. The highest BCUT2D eigenvalue weighted by molar-refractivity contribution is 7.10.